The number of hydrogen-bond acceptors (Lipinski definition) is 3. The third-order valence-electron chi connectivity index (χ3n) is 3.45. The SMILES string of the molecule is C[C@@H]1CC[C@H](CCC(=O)NC(C)(C)CCC(=O)O)O1. The highest BCUT2D eigenvalue weighted by Gasteiger charge is 2.24. The zero-order chi connectivity index (χ0) is 14.5. The summed E-state index contributed by atoms with van der Waals surface area (Å²) < 4.78 is 5.66. The number of nitrogens with one attached hydrogen (secondary N) is 1. The van der Waals surface area contributed by atoms with Crippen molar-refractivity contribution in [3.05, 3.63) is 0 Å². The molecule has 0 radical (unpaired) electrons. The number of carboxylic acid groups (broad SMARTS) is 1. The molecule has 1 saturated heterocycles. The summed E-state index contributed by atoms with van der Waals surface area (Å²) in [6.07, 6.45) is 4.27. The van der Waals surface area contributed by atoms with Crippen LogP contribution in [0, 0.1) is 0 Å². The summed E-state index contributed by atoms with van der Waals surface area (Å²) in [7, 11) is 0. The molecule has 1 amide bonds. The molecular formula is C14H25NO4. The average molecular weight is 271 g/mol. The van der Waals surface area contributed by atoms with Crippen LogP contribution in [0.15, 0.2) is 0 Å². The Bertz CT molecular complexity index is 327. The summed E-state index contributed by atoms with van der Waals surface area (Å²) in [5.74, 6) is -0.866. The number of rotatable bonds is 7. The van der Waals surface area contributed by atoms with E-state index in [2.05, 4.69) is 12.2 Å². The van der Waals surface area contributed by atoms with E-state index in [1.54, 1.807) is 0 Å². The van der Waals surface area contributed by atoms with E-state index in [9.17, 15) is 9.59 Å². The molecule has 1 aliphatic rings. The van der Waals surface area contributed by atoms with E-state index in [0.29, 0.717) is 18.9 Å². The van der Waals surface area contributed by atoms with Gasteiger partial charge in [0.05, 0.1) is 12.2 Å². The zero-order valence-corrected chi connectivity index (χ0v) is 12.1. The fourth-order valence-corrected chi connectivity index (χ4v) is 2.31. The molecule has 0 aromatic rings. The Morgan fingerprint density at radius 3 is 2.53 bits per heavy atom. The Morgan fingerprint density at radius 2 is 2.00 bits per heavy atom. The van der Waals surface area contributed by atoms with Gasteiger partial charge in [-0.15, -0.1) is 0 Å². The van der Waals surface area contributed by atoms with Crippen molar-refractivity contribution in [2.45, 2.75) is 77.0 Å². The molecule has 1 rings (SSSR count). The Morgan fingerprint density at radius 1 is 1.32 bits per heavy atom. The molecule has 2 atom stereocenters. The second-order valence-electron chi connectivity index (χ2n) is 6.01. The summed E-state index contributed by atoms with van der Waals surface area (Å²) >= 11 is 0. The molecule has 0 unspecified atom stereocenters. The van der Waals surface area contributed by atoms with Gasteiger partial charge in [-0.2, -0.15) is 0 Å². The van der Waals surface area contributed by atoms with E-state index in [1.165, 1.54) is 0 Å². The zero-order valence-electron chi connectivity index (χ0n) is 12.1. The second kappa shape index (κ2) is 6.89. The molecule has 5 heteroatoms. The molecule has 1 aliphatic heterocycles. The smallest absolute Gasteiger partial charge is 0.303 e. The van der Waals surface area contributed by atoms with Crippen molar-refractivity contribution in [1.29, 1.82) is 0 Å². The van der Waals surface area contributed by atoms with Gasteiger partial charge in [0.2, 0.25) is 5.91 Å². The van der Waals surface area contributed by atoms with E-state index in [1.807, 2.05) is 13.8 Å². The molecule has 0 spiro atoms. The van der Waals surface area contributed by atoms with E-state index in [-0.39, 0.29) is 18.4 Å². The first kappa shape index (κ1) is 16.0. The quantitative estimate of drug-likeness (QED) is 0.743. The maximum absolute atomic E-state index is 11.8. The highest BCUT2D eigenvalue weighted by atomic mass is 16.5. The summed E-state index contributed by atoms with van der Waals surface area (Å²) in [5.41, 5.74) is -0.473. The Hall–Kier alpha value is -1.10. The first-order valence-electron chi connectivity index (χ1n) is 6.97. The molecule has 19 heavy (non-hydrogen) atoms. The molecular weight excluding hydrogens is 246 g/mol. The molecule has 5 nitrogen and oxygen atoms in total. The van der Waals surface area contributed by atoms with Crippen LogP contribution in [0.4, 0.5) is 0 Å². The lowest BCUT2D eigenvalue weighted by atomic mass is 9.98. The van der Waals surface area contributed by atoms with Gasteiger partial charge in [0.15, 0.2) is 0 Å². The number of amides is 1. The summed E-state index contributed by atoms with van der Waals surface area (Å²) in [5, 5.41) is 11.5. The van der Waals surface area contributed by atoms with Gasteiger partial charge in [0, 0.05) is 18.4 Å². The van der Waals surface area contributed by atoms with E-state index < -0.39 is 11.5 Å². The Labute approximate surface area is 114 Å². The van der Waals surface area contributed by atoms with Gasteiger partial charge in [0.1, 0.15) is 0 Å². The first-order valence-corrected chi connectivity index (χ1v) is 6.97. The minimum absolute atomic E-state index is 0.0291. The standard InChI is InChI=1S/C14H25NO4/c1-10-4-5-11(19-10)6-7-12(16)15-14(2,3)9-8-13(17)18/h10-11H,4-9H2,1-3H3,(H,15,16)(H,17,18)/t10-,11-/m1/s1. The van der Waals surface area contributed by atoms with Gasteiger partial charge in [-0.25, -0.2) is 0 Å². The van der Waals surface area contributed by atoms with Gasteiger partial charge in [-0.05, 0) is 46.5 Å². The van der Waals surface area contributed by atoms with Gasteiger partial charge >= 0.3 is 5.97 Å². The van der Waals surface area contributed by atoms with Crippen LogP contribution >= 0.6 is 0 Å². The van der Waals surface area contributed by atoms with Crippen LogP contribution in [0.3, 0.4) is 0 Å². The van der Waals surface area contributed by atoms with Crippen LogP contribution in [-0.2, 0) is 14.3 Å². The third kappa shape index (κ3) is 6.57. The fourth-order valence-electron chi connectivity index (χ4n) is 2.31. The predicted octanol–water partition coefficient (Wildman–Crippen LogP) is 2.09. The monoisotopic (exact) mass is 271 g/mol. The maximum Gasteiger partial charge on any atom is 0.303 e. The van der Waals surface area contributed by atoms with Crippen molar-refractivity contribution < 1.29 is 19.4 Å². The van der Waals surface area contributed by atoms with E-state index in [0.717, 1.165) is 19.3 Å². The van der Waals surface area contributed by atoms with Gasteiger partial charge in [0.25, 0.3) is 0 Å². The third-order valence-corrected chi connectivity index (χ3v) is 3.45. The molecule has 110 valence electrons. The van der Waals surface area contributed by atoms with Crippen LogP contribution in [0.1, 0.15) is 59.3 Å². The van der Waals surface area contributed by atoms with Crippen LogP contribution < -0.4 is 5.32 Å². The van der Waals surface area contributed by atoms with Crippen molar-refractivity contribution in [3.63, 3.8) is 0 Å². The molecule has 1 heterocycles. The minimum Gasteiger partial charge on any atom is -0.481 e. The lowest BCUT2D eigenvalue weighted by Gasteiger charge is -2.26. The maximum atomic E-state index is 11.8. The number of ether oxygens (including phenoxy) is 1. The largest absolute Gasteiger partial charge is 0.481 e. The van der Waals surface area contributed by atoms with Crippen LogP contribution in [0.25, 0.3) is 0 Å². The summed E-state index contributed by atoms with van der Waals surface area (Å²) in [6, 6.07) is 0. The van der Waals surface area contributed by atoms with Crippen molar-refractivity contribution in [1.82, 2.24) is 5.32 Å². The molecule has 0 saturated carbocycles. The lowest BCUT2D eigenvalue weighted by molar-refractivity contribution is -0.137. The molecule has 0 aliphatic carbocycles. The normalized spacial score (nSPS) is 23.3. The molecule has 2 N–H and O–H groups in total. The van der Waals surface area contributed by atoms with E-state index in [4.69, 9.17) is 9.84 Å². The number of carbonyl (C=O) groups is 2. The highest BCUT2D eigenvalue weighted by molar-refractivity contribution is 5.76. The van der Waals surface area contributed by atoms with Crippen molar-refractivity contribution >= 4 is 11.9 Å². The molecule has 1 fully saturated rings. The second-order valence-corrected chi connectivity index (χ2v) is 6.01. The number of carbonyl (C=O) groups excluding carboxylic acids is 1. The fraction of sp³-hybridized carbons (Fsp3) is 0.857. The van der Waals surface area contributed by atoms with Crippen LogP contribution in [0.2, 0.25) is 0 Å². The molecule has 0 aromatic heterocycles. The summed E-state index contributed by atoms with van der Waals surface area (Å²) in [6.45, 7) is 5.75. The number of hydrogen-bond donors (Lipinski definition) is 2. The summed E-state index contributed by atoms with van der Waals surface area (Å²) in [4.78, 5) is 22.4. The molecule has 0 aromatic carbocycles. The van der Waals surface area contributed by atoms with Crippen LogP contribution in [0.5, 0.6) is 0 Å². The molecule has 0 bridgehead atoms. The Kier molecular flexibility index (Phi) is 5.79. The van der Waals surface area contributed by atoms with Crippen molar-refractivity contribution in [3.8, 4) is 0 Å². The van der Waals surface area contributed by atoms with Gasteiger partial charge < -0.3 is 15.2 Å². The van der Waals surface area contributed by atoms with E-state index >= 15 is 0 Å². The Balaban J connectivity index is 2.24. The lowest BCUT2D eigenvalue weighted by Crippen LogP contribution is -2.43. The minimum atomic E-state index is -0.837. The van der Waals surface area contributed by atoms with Crippen molar-refractivity contribution in [2.24, 2.45) is 0 Å². The first-order chi connectivity index (χ1) is 8.78. The van der Waals surface area contributed by atoms with Crippen LogP contribution in [-0.4, -0.2) is 34.7 Å². The number of aliphatic carboxylic acids is 1. The number of carboxylic acids is 1. The topological polar surface area (TPSA) is 75.6 Å². The highest BCUT2D eigenvalue weighted by Crippen LogP contribution is 2.22. The van der Waals surface area contributed by atoms with Gasteiger partial charge in [-0.1, -0.05) is 0 Å². The predicted molar refractivity (Wildman–Crippen MR) is 71.9 cm³/mol. The average Bonchev–Trinajstić information content (AvgIpc) is 2.69. The van der Waals surface area contributed by atoms with Gasteiger partial charge in [-0.3, -0.25) is 9.59 Å². The van der Waals surface area contributed by atoms with Crippen molar-refractivity contribution in [2.75, 3.05) is 0 Å².